The Hall–Kier alpha value is -0.900. The van der Waals surface area contributed by atoms with Gasteiger partial charge in [0.1, 0.15) is 0 Å². The van der Waals surface area contributed by atoms with Crippen LogP contribution in [0.1, 0.15) is 52.9 Å². The molecule has 0 aromatic rings. The Bertz CT molecular complexity index is 371. The maximum absolute atomic E-state index is 12.2. The van der Waals surface area contributed by atoms with Gasteiger partial charge in [-0.15, -0.1) is 0 Å². The molecule has 0 aromatic carbocycles. The van der Waals surface area contributed by atoms with Gasteiger partial charge >= 0.3 is 0 Å². The first-order valence-electron chi connectivity index (χ1n) is 8.03. The molecule has 2 rings (SSSR count). The van der Waals surface area contributed by atoms with Gasteiger partial charge in [-0.05, 0) is 43.7 Å². The molecule has 1 N–H and O–H groups in total. The van der Waals surface area contributed by atoms with Gasteiger partial charge in [0.2, 0.25) is 11.8 Å². The molecule has 2 fully saturated rings. The molecule has 1 atom stereocenters. The van der Waals surface area contributed by atoms with E-state index in [4.69, 9.17) is 0 Å². The van der Waals surface area contributed by atoms with Crippen molar-refractivity contribution in [3.63, 3.8) is 0 Å². The molecule has 0 aromatic heterocycles. The first kappa shape index (κ1) is 15.5. The standard InChI is InChI=1S/C16H28N2O2/c1-4-5-13-15(20)17-14(19)10-16(13)6-8-18(9-7-16)11-12(2)3/h12-13H,4-11H2,1-3H3,(H,17,19,20). The molecule has 4 nitrogen and oxygen atoms in total. The second kappa shape index (κ2) is 6.25. The van der Waals surface area contributed by atoms with Crippen LogP contribution in [0, 0.1) is 17.3 Å². The van der Waals surface area contributed by atoms with E-state index in [0.717, 1.165) is 45.3 Å². The monoisotopic (exact) mass is 280 g/mol. The van der Waals surface area contributed by atoms with Crippen LogP contribution in [0.15, 0.2) is 0 Å². The highest BCUT2D eigenvalue weighted by molar-refractivity contribution is 5.99. The van der Waals surface area contributed by atoms with Gasteiger partial charge in [-0.2, -0.15) is 0 Å². The number of nitrogens with one attached hydrogen (secondary N) is 1. The fourth-order valence-electron chi connectivity index (χ4n) is 3.94. The lowest BCUT2D eigenvalue weighted by Crippen LogP contribution is -2.56. The van der Waals surface area contributed by atoms with Crippen LogP contribution in [0.2, 0.25) is 0 Å². The Labute approximate surface area is 122 Å². The lowest BCUT2D eigenvalue weighted by molar-refractivity contribution is -0.146. The third kappa shape index (κ3) is 3.22. The van der Waals surface area contributed by atoms with Crippen molar-refractivity contribution in [2.75, 3.05) is 19.6 Å². The third-order valence-electron chi connectivity index (χ3n) is 4.88. The number of hydrogen-bond acceptors (Lipinski definition) is 3. The number of rotatable bonds is 4. The highest BCUT2D eigenvalue weighted by Crippen LogP contribution is 2.46. The second-order valence-electron chi connectivity index (χ2n) is 6.99. The highest BCUT2D eigenvalue weighted by atomic mass is 16.2. The van der Waals surface area contributed by atoms with Gasteiger partial charge in [0.05, 0.1) is 0 Å². The van der Waals surface area contributed by atoms with E-state index in [9.17, 15) is 9.59 Å². The summed E-state index contributed by atoms with van der Waals surface area (Å²) in [5, 5.41) is 2.54. The smallest absolute Gasteiger partial charge is 0.230 e. The van der Waals surface area contributed by atoms with E-state index in [-0.39, 0.29) is 23.1 Å². The molecule has 4 heteroatoms. The van der Waals surface area contributed by atoms with E-state index in [1.54, 1.807) is 0 Å². The van der Waals surface area contributed by atoms with E-state index in [2.05, 4.69) is 31.0 Å². The van der Waals surface area contributed by atoms with Gasteiger partial charge in [0.25, 0.3) is 0 Å². The van der Waals surface area contributed by atoms with E-state index >= 15 is 0 Å². The lowest BCUT2D eigenvalue weighted by atomic mass is 9.63. The van der Waals surface area contributed by atoms with Crippen LogP contribution in [0.5, 0.6) is 0 Å². The summed E-state index contributed by atoms with van der Waals surface area (Å²) in [6, 6.07) is 0. The zero-order valence-corrected chi connectivity index (χ0v) is 13.1. The summed E-state index contributed by atoms with van der Waals surface area (Å²) in [6.07, 6.45) is 4.43. The number of piperidine rings is 2. The quantitative estimate of drug-likeness (QED) is 0.803. The highest BCUT2D eigenvalue weighted by Gasteiger charge is 2.48. The van der Waals surface area contributed by atoms with Crippen molar-refractivity contribution in [1.82, 2.24) is 10.2 Å². The minimum absolute atomic E-state index is 0.0274. The summed E-state index contributed by atoms with van der Waals surface area (Å²) < 4.78 is 0. The molecule has 2 aliphatic heterocycles. The van der Waals surface area contributed by atoms with Gasteiger partial charge in [-0.25, -0.2) is 0 Å². The molecule has 0 aliphatic carbocycles. The zero-order chi connectivity index (χ0) is 14.8. The summed E-state index contributed by atoms with van der Waals surface area (Å²) in [5.74, 6) is 0.609. The minimum atomic E-state index is -0.0698. The predicted molar refractivity (Wildman–Crippen MR) is 79.1 cm³/mol. The topological polar surface area (TPSA) is 49.4 Å². The molecule has 2 saturated heterocycles. The first-order chi connectivity index (χ1) is 9.47. The Morgan fingerprint density at radius 2 is 1.95 bits per heavy atom. The lowest BCUT2D eigenvalue weighted by Gasteiger charge is -2.48. The molecular weight excluding hydrogens is 252 g/mol. The molecule has 2 heterocycles. The number of carbonyl (C=O) groups excluding carboxylic acids is 2. The molecule has 114 valence electrons. The van der Waals surface area contributed by atoms with Gasteiger partial charge in [-0.3, -0.25) is 14.9 Å². The molecule has 2 amide bonds. The molecule has 0 radical (unpaired) electrons. The van der Waals surface area contributed by atoms with E-state index in [1.165, 1.54) is 0 Å². The van der Waals surface area contributed by atoms with Gasteiger partial charge in [0, 0.05) is 18.9 Å². The third-order valence-corrected chi connectivity index (χ3v) is 4.88. The van der Waals surface area contributed by atoms with Crippen molar-refractivity contribution in [3.8, 4) is 0 Å². The molecular formula is C16H28N2O2. The molecule has 1 unspecified atom stereocenters. The summed E-state index contributed by atoms with van der Waals surface area (Å²) >= 11 is 0. The van der Waals surface area contributed by atoms with Gasteiger partial charge < -0.3 is 4.90 Å². The average molecular weight is 280 g/mol. The number of likely N-dealkylation sites (tertiary alicyclic amines) is 1. The zero-order valence-electron chi connectivity index (χ0n) is 13.1. The van der Waals surface area contributed by atoms with Crippen molar-refractivity contribution < 1.29 is 9.59 Å². The SMILES string of the molecule is CCCC1C(=O)NC(=O)CC12CCN(CC(C)C)CC2. The van der Waals surface area contributed by atoms with Crippen LogP contribution < -0.4 is 5.32 Å². The van der Waals surface area contributed by atoms with Crippen molar-refractivity contribution in [2.24, 2.45) is 17.3 Å². The number of imide groups is 1. The Balaban J connectivity index is 2.07. The number of amides is 2. The van der Waals surface area contributed by atoms with Crippen LogP contribution in [0.25, 0.3) is 0 Å². The fourth-order valence-corrected chi connectivity index (χ4v) is 3.94. The van der Waals surface area contributed by atoms with Crippen LogP contribution >= 0.6 is 0 Å². The van der Waals surface area contributed by atoms with Crippen LogP contribution in [-0.4, -0.2) is 36.3 Å². The van der Waals surface area contributed by atoms with E-state index in [0.29, 0.717) is 12.3 Å². The number of nitrogens with zero attached hydrogens (tertiary/aromatic N) is 1. The van der Waals surface area contributed by atoms with Crippen molar-refractivity contribution in [2.45, 2.75) is 52.9 Å². The number of hydrogen-bond donors (Lipinski definition) is 1. The normalized spacial score (nSPS) is 27.1. The maximum atomic E-state index is 12.2. The maximum Gasteiger partial charge on any atom is 0.230 e. The van der Waals surface area contributed by atoms with Gasteiger partial charge in [0.15, 0.2) is 0 Å². The van der Waals surface area contributed by atoms with Crippen molar-refractivity contribution in [1.29, 1.82) is 0 Å². The van der Waals surface area contributed by atoms with Crippen LogP contribution in [0.4, 0.5) is 0 Å². The largest absolute Gasteiger partial charge is 0.303 e. The van der Waals surface area contributed by atoms with E-state index in [1.807, 2.05) is 0 Å². The summed E-state index contributed by atoms with van der Waals surface area (Å²) in [6.45, 7) is 9.77. The molecule has 0 saturated carbocycles. The average Bonchev–Trinajstić information content (AvgIpc) is 2.36. The van der Waals surface area contributed by atoms with Crippen molar-refractivity contribution >= 4 is 11.8 Å². The predicted octanol–water partition coefficient (Wildman–Crippen LogP) is 2.19. The fraction of sp³-hybridized carbons (Fsp3) is 0.875. The molecule has 2 aliphatic rings. The van der Waals surface area contributed by atoms with Crippen molar-refractivity contribution in [3.05, 3.63) is 0 Å². The van der Waals surface area contributed by atoms with E-state index < -0.39 is 0 Å². The Morgan fingerprint density at radius 1 is 1.30 bits per heavy atom. The number of carbonyl (C=O) groups is 2. The second-order valence-corrected chi connectivity index (χ2v) is 6.99. The minimum Gasteiger partial charge on any atom is -0.303 e. The van der Waals surface area contributed by atoms with Crippen LogP contribution in [-0.2, 0) is 9.59 Å². The molecule has 20 heavy (non-hydrogen) atoms. The summed E-state index contributed by atoms with van der Waals surface area (Å²) in [5.41, 5.74) is -0.0666. The summed E-state index contributed by atoms with van der Waals surface area (Å²) in [7, 11) is 0. The summed E-state index contributed by atoms with van der Waals surface area (Å²) in [4.78, 5) is 26.5. The van der Waals surface area contributed by atoms with Gasteiger partial charge in [-0.1, -0.05) is 27.2 Å². The molecule has 0 bridgehead atoms. The Morgan fingerprint density at radius 3 is 2.50 bits per heavy atom. The first-order valence-corrected chi connectivity index (χ1v) is 8.03. The Kier molecular flexibility index (Phi) is 4.84. The van der Waals surface area contributed by atoms with Crippen LogP contribution in [0.3, 0.4) is 0 Å². The molecule has 1 spiro atoms.